The van der Waals surface area contributed by atoms with E-state index in [4.69, 9.17) is 5.11 Å². The maximum atomic E-state index is 11.2. The molecule has 1 unspecified atom stereocenters. The van der Waals surface area contributed by atoms with Crippen LogP contribution in [0.5, 0.6) is 0 Å². The molecule has 0 aromatic carbocycles. The van der Waals surface area contributed by atoms with Crippen LogP contribution in [-0.4, -0.2) is 63.4 Å². The van der Waals surface area contributed by atoms with Gasteiger partial charge in [-0.3, -0.25) is 4.21 Å². The van der Waals surface area contributed by atoms with Crippen molar-refractivity contribution in [3.8, 4) is 0 Å². The lowest BCUT2D eigenvalue weighted by Crippen LogP contribution is -2.42. The third kappa shape index (κ3) is 7.83. The average molecular weight is 346 g/mol. The van der Waals surface area contributed by atoms with Gasteiger partial charge in [-0.05, 0) is 0 Å². The molecule has 0 aromatic rings. The number of likely N-dealkylation sites (N-methyl/N-ethyl adjacent to an activating group) is 1. The standard InChI is InChI=1S/C7H16NO.C2HF6NO2S/c1-8(6-7-9)4-2-3-5-8;3-1(4,5)9-12(10,11)2(6,7)8/h9H,2-7H2,1H3;(H,9,10,11)/q+1;/p-1. The maximum absolute atomic E-state index is 11.2. The Balaban J connectivity index is 0.000000394. The fraction of sp³-hybridized carbons (Fsp3) is 1.00. The van der Waals surface area contributed by atoms with Gasteiger partial charge in [-0.1, -0.05) is 0 Å². The molecule has 0 radical (unpaired) electrons. The minimum atomic E-state index is -6.46. The van der Waals surface area contributed by atoms with E-state index in [-0.39, 0.29) is 0 Å². The van der Waals surface area contributed by atoms with E-state index in [1.165, 1.54) is 25.9 Å². The molecule has 0 aliphatic carbocycles. The number of alkyl halides is 6. The first-order valence-electron chi connectivity index (χ1n) is 5.79. The van der Waals surface area contributed by atoms with Gasteiger partial charge < -0.3 is 14.1 Å². The van der Waals surface area contributed by atoms with Crippen LogP contribution in [0.4, 0.5) is 26.3 Å². The molecule has 21 heavy (non-hydrogen) atoms. The summed E-state index contributed by atoms with van der Waals surface area (Å²) in [4.78, 5) is 0. The first-order chi connectivity index (χ1) is 9.22. The highest BCUT2D eigenvalue weighted by Crippen LogP contribution is 2.28. The van der Waals surface area contributed by atoms with Crippen molar-refractivity contribution in [3.63, 3.8) is 0 Å². The second kappa shape index (κ2) is 7.11. The van der Waals surface area contributed by atoms with Crippen LogP contribution in [0.3, 0.4) is 0 Å². The van der Waals surface area contributed by atoms with Crippen LogP contribution in [-0.2, 0) is 10.0 Å². The third-order valence-electron chi connectivity index (χ3n) is 2.80. The fourth-order valence-electron chi connectivity index (χ4n) is 1.75. The summed E-state index contributed by atoms with van der Waals surface area (Å²) >= 11 is 0. The maximum Gasteiger partial charge on any atom is 0.510 e. The van der Waals surface area contributed by atoms with Gasteiger partial charge in [0.1, 0.15) is 6.54 Å². The number of aliphatic hydroxyl groups excluding tert-OH is 1. The van der Waals surface area contributed by atoms with Gasteiger partial charge >= 0.3 is 11.8 Å². The average Bonchev–Trinajstić information content (AvgIpc) is 2.61. The highest BCUT2D eigenvalue weighted by atomic mass is 32.2. The van der Waals surface area contributed by atoms with Crippen molar-refractivity contribution in [1.82, 2.24) is 0 Å². The second-order valence-electron chi connectivity index (χ2n) is 4.70. The van der Waals surface area contributed by atoms with E-state index in [2.05, 4.69) is 7.05 Å². The van der Waals surface area contributed by atoms with Gasteiger partial charge in [0.25, 0.3) is 0 Å². The zero-order valence-corrected chi connectivity index (χ0v) is 11.9. The molecule has 0 aromatic heterocycles. The summed E-state index contributed by atoms with van der Waals surface area (Å²) in [6, 6.07) is 0. The summed E-state index contributed by atoms with van der Waals surface area (Å²) in [6.07, 6.45) is -3.05. The molecule has 1 atom stereocenters. The third-order valence-corrected chi connectivity index (χ3v) is 3.83. The normalized spacial score (nSPS) is 21.2. The Morgan fingerprint density at radius 1 is 1.19 bits per heavy atom. The first-order valence-corrected chi connectivity index (χ1v) is 7.23. The van der Waals surface area contributed by atoms with Gasteiger partial charge in [0.05, 0.1) is 36.8 Å². The number of nitrogens with zero attached hydrogens (tertiary/aromatic N) is 2. The predicted molar refractivity (Wildman–Crippen MR) is 60.6 cm³/mol. The van der Waals surface area contributed by atoms with Crippen molar-refractivity contribution in [2.75, 3.05) is 33.3 Å². The molecule has 1 rings (SSSR count). The highest BCUT2D eigenvalue weighted by molar-refractivity contribution is 7.88. The second-order valence-corrected chi connectivity index (χ2v) is 6.30. The van der Waals surface area contributed by atoms with E-state index in [9.17, 15) is 35.1 Å². The van der Waals surface area contributed by atoms with Gasteiger partial charge in [0.15, 0.2) is 0 Å². The molecule has 0 saturated carbocycles. The quantitative estimate of drug-likeness (QED) is 0.471. The summed E-state index contributed by atoms with van der Waals surface area (Å²) in [7, 11) is -4.23. The van der Waals surface area contributed by atoms with E-state index >= 15 is 0 Å². The molecule has 1 saturated heterocycles. The van der Waals surface area contributed by atoms with Gasteiger partial charge in [0.2, 0.25) is 0 Å². The molecule has 1 N–H and O–H groups in total. The number of likely N-dealkylation sites (tertiary alicyclic amines) is 1. The lowest BCUT2D eigenvalue weighted by atomic mass is 10.4. The van der Waals surface area contributed by atoms with Crippen LogP contribution >= 0.6 is 0 Å². The minimum absolute atomic E-state index is 0.344. The van der Waals surface area contributed by atoms with Gasteiger partial charge in [0, 0.05) is 12.8 Å². The molecule has 0 spiro atoms. The lowest BCUT2D eigenvalue weighted by Gasteiger charge is -2.27. The SMILES string of the molecule is C[N+]1(CCO)CCCC1.O=S([O-])(=NC(F)(F)F)C(F)(F)F. The van der Waals surface area contributed by atoms with Crippen LogP contribution in [0, 0.1) is 0 Å². The fourth-order valence-corrected chi connectivity index (χ4v) is 2.13. The highest BCUT2D eigenvalue weighted by Gasteiger charge is 2.40. The largest absolute Gasteiger partial charge is 0.757 e. The summed E-state index contributed by atoms with van der Waals surface area (Å²) in [5.74, 6) is 0. The molecule has 128 valence electrons. The Kier molecular flexibility index (Phi) is 6.91. The van der Waals surface area contributed by atoms with Gasteiger partial charge in [-0.25, -0.2) is 0 Å². The number of aliphatic hydroxyl groups is 1. The number of hydrogen-bond donors (Lipinski definition) is 1. The molecule has 1 aliphatic rings. The van der Waals surface area contributed by atoms with Crippen LogP contribution in [0.1, 0.15) is 12.8 Å². The number of quaternary nitrogens is 1. The molecule has 5 nitrogen and oxygen atoms in total. The van der Waals surface area contributed by atoms with Crippen molar-refractivity contribution in [1.29, 1.82) is 0 Å². The monoisotopic (exact) mass is 346 g/mol. The van der Waals surface area contributed by atoms with Crippen LogP contribution in [0.25, 0.3) is 0 Å². The first kappa shape index (κ1) is 20.4. The van der Waals surface area contributed by atoms with Crippen molar-refractivity contribution in [2.24, 2.45) is 4.36 Å². The summed E-state index contributed by atoms with van der Waals surface area (Å²) in [6.45, 7) is 3.82. The zero-order valence-electron chi connectivity index (χ0n) is 11.1. The molecular weight excluding hydrogens is 330 g/mol. The number of rotatable bonds is 2. The number of halogens is 6. The van der Waals surface area contributed by atoms with E-state index in [0.717, 1.165) is 11.0 Å². The number of hydrogen-bond acceptors (Lipinski definition) is 4. The molecule has 1 fully saturated rings. The van der Waals surface area contributed by atoms with Crippen LogP contribution < -0.4 is 0 Å². The van der Waals surface area contributed by atoms with Crippen LogP contribution in [0.2, 0.25) is 0 Å². The topological polar surface area (TPSA) is 72.7 Å². The minimum Gasteiger partial charge on any atom is -0.757 e. The van der Waals surface area contributed by atoms with E-state index < -0.39 is 21.8 Å². The summed E-state index contributed by atoms with van der Waals surface area (Å²) in [5, 5.41) is 8.68. The van der Waals surface area contributed by atoms with Crippen molar-refractivity contribution < 1.29 is 44.7 Å². The van der Waals surface area contributed by atoms with Crippen molar-refractivity contribution >= 4 is 10.0 Å². The van der Waals surface area contributed by atoms with Crippen molar-refractivity contribution in [2.45, 2.75) is 24.7 Å². The Bertz CT molecular complexity index is 436. The lowest BCUT2D eigenvalue weighted by molar-refractivity contribution is -0.897. The molecule has 1 aliphatic heterocycles. The molecule has 1 heterocycles. The van der Waals surface area contributed by atoms with Gasteiger partial charge in [-0.2, -0.15) is 13.2 Å². The summed E-state index contributed by atoms with van der Waals surface area (Å²) in [5.41, 5.74) is -6.01. The molecular formula is C9H16F6N2O3S. The van der Waals surface area contributed by atoms with E-state index in [0.29, 0.717) is 11.0 Å². The molecule has 0 amide bonds. The van der Waals surface area contributed by atoms with Crippen molar-refractivity contribution in [3.05, 3.63) is 0 Å². The van der Waals surface area contributed by atoms with E-state index in [1.54, 1.807) is 0 Å². The molecule has 0 bridgehead atoms. The smallest absolute Gasteiger partial charge is 0.510 e. The Hall–Kier alpha value is -0.590. The van der Waals surface area contributed by atoms with E-state index in [1.807, 2.05) is 0 Å². The Labute approximate surface area is 118 Å². The Morgan fingerprint density at radius 3 is 1.86 bits per heavy atom. The summed E-state index contributed by atoms with van der Waals surface area (Å²) < 4.78 is 87.7. The zero-order chi connectivity index (χ0) is 16.9. The molecule has 12 heteroatoms. The predicted octanol–water partition coefficient (Wildman–Crippen LogP) is 1.84. The van der Waals surface area contributed by atoms with Gasteiger partial charge in [-0.15, -0.1) is 17.5 Å². The Morgan fingerprint density at radius 2 is 1.62 bits per heavy atom. The van der Waals surface area contributed by atoms with Crippen LogP contribution in [0.15, 0.2) is 4.36 Å².